The first kappa shape index (κ1) is 14.8. The number of phenolic OH excluding ortho intramolecular Hbond substituents is 1. The molecule has 5 nitrogen and oxygen atoms in total. The molecular formula is C18H16N2O3. The van der Waals surface area contributed by atoms with Crippen molar-refractivity contribution in [3.8, 4) is 11.5 Å². The van der Waals surface area contributed by atoms with Gasteiger partial charge in [-0.15, -0.1) is 0 Å². The Hall–Kier alpha value is -3.08. The minimum absolute atomic E-state index is 0.0808. The standard InChI is InChI=1S/C18H16N2O3/c1-12-14(10-13-6-2-5-9-17(13)23-12)11-19-20-18(22)15-7-3-4-8-16(15)21/h2-12,21H,1H3,(H,20,22)/b19-11-/t12-/m1/s1. The molecule has 2 aromatic rings. The van der Waals surface area contributed by atoms with Gasteiger partial charge in [-0.25, -0.2) is 5.43 Å². The van der Waals surface area contributed by atoms with E-state index >= 15 is 0 Å². The van der Waals surface area contributed by atoms with Gasteiger partial charge in [-0.2, -0.15) is 5.10 Å². The van der Waals surface area contributed by atoms with Crippen molar-refractivity contribution in [3.05, 3.63) is 65.2 Å². The van der Waals surface area contributed by atoms with Crippen LogP contribution in [0.3, 0.4) is 0 Å². The van der Waals surface area contributed by atoms with E-state index in [1.165, 1.54) is 12.1 Å². The zero-order chi connectivity index (χ0) is 16.2. The van der Waals surface area contributed by atoms with Crippen molar-refractivity contribution < 1.29 is 14.6 Å². The van der Waals surface area contributed by atoms with E-state index in [1.807, 2.05) is 37.3 Å². The summed E-state index contributed by atoms with van der Waals surface area (Å²) in [7, 11) is 0. The topological polar surface area (TPSA) is 70.9 Å². The summed E-state index contributed by atoms with van der Waals surface area (Å²) in [6.45, 7) is 1.92. The average Bonchev–Trinajstić information content (AvgIpc) is 2.55. The fourth-order valence-corrected chi connectivity index (χ4v) is 2.30. The van der Waals surface area contributed by atoms with Crippen molar-refractivity contribution in [2.75, 3.05) is 0 Å². The lowest BCUT2D eigenvalue weighted by molar-refractivity contribution is 0.0952. The van der Waals surface area contributed by atoms with E-state index in [2.05, 4.69) is 10.5 Å². The Kier molecular flexibility index (Phi) is 4.10. The van der Waals surface area contributed by atoms with Crippen LogP contribution in [0.1, 0.15) is 22.8 Å². The fourth-order valence-electron chi connectivity index (χ4n) is 2.30. The van der Waals surface area contributed by atoms with Gasteiger partial charge in [-0.1, -0.05) is 30.3 Å². The lowest BCUT2D eigenvalue weighted by Crippen LogP contribution is -2.22. The van der Waals surface area contributed by atoms with Crippen LogP contribution in [0.4, 0.5) is 0 Å². The summed E-state index contributed by atoms with van der Waals surface area (Å²) < 4.78 is 5.79. The molecule has 1 aliphatic rings. The maximum Gasteiger partial charge on any atom is 0.275 e. The minimum atomic E-state index is -0.468. The highest BCUT2D eigenvalue weighted by atomic mass is 16.5. The van der Waals surface area contributed by atoms with Crippen LogP contribution in [0, 0.1) is 0 Å². The van der Waals surface area contributed by atoms with Gasteiger partial charge in [-0.3, -0.25) is 4.79 Å². The molecule has 0 radical (unpaired) electrons. The first-order valence-corrected chi connectivity index (χ1v) is 7.24. The molecule has 1 aliphatic heterocycles. The molecule has 0 saturated carbocycles. The normalized spacial score (nSPS) is 16.4. The van der Waals surface area contributed by atoms with Gasteiger partial charge in [0.2, 0.25) is 0 Å². The van der Waals surface area contributed by atoms with E-state index in [-0.39, 0.29) is 17.4 Å². The van der Waals surface area contributed by atoms with Crippen molar-refractivity contribution in [2.45, 2.75) is 13.0 Å². The Labute approximate surface area is 133 Å². The number of para-hydroxylation sites is 2. The van der Waals surface area contributed by atoms with Crippen LogP contribution in [0.5, 0.6) is 11.5 Å². The number of carbonyl (C=O) groups excluding carboxylic acids is 1. The number of rotatable bonds is 3. The molecule has 0 bridgehead atoms. The number of nitrogens with zero attached hydrogens (tertiary/aromatic N) is 1. The first-order valence-electron chi connectivity index (χ1n) is 7.24. The van der Waals surface area contributed by atoms with Crippen LogP contribution >= 0.6 is 0 Å². The second-order valence-electron chi connectivity index (χ2n) is 5.16. The van der Waals surface area contributed by atoms with Crippen LogP contribution in [0.15, 0.2) is 59.2 Å². The summed E-state index contributed by atoms with van der Waals surface area (Å²) in [4.78, 5) is 12.0. The third-order valence-electron chi connectivity index (χ3n) is 3.54. The van der Waals surface area contributed by atoms with E-state index in [9.17, 15) is 9.90 Å². The molecule has 0 saturated heterocycles. The van der Waals surface area contributed by atoms with Gasteiger partial charge < -0.3 is 9.84 Å². The zero-order valence-electron chi connectivity index (χ0n) is 12.6. The Morgan fingerprint density at radius 1 is 1.22 bits per heavy atom. The summed E-state index contributed by atoms with van der Waals surface area (Å²) >= 11 is 0. The highest BCUT2D eigenvalue weighted by Crippen LogP contribution is 2.28. The van der Waals surface area contributed by atoms with E-state index in [4.69, 9.17) is 4.74 Å². The lowest BCUT2D eigenvalue weighted by Gasteiger charge is -2.22. The number of fused-ring (bicyclic) bond motifs is 1. The predicted octanol–water partition coefficient (Wildman–Crippen LogP) is 2.97. The smallest absolute Gasteiger partial charge is 0.275 e. The highest BCUT2D eigenvalue weighted by Gasteiger charge is 2.17. The van der Waals surface area contributed by atoms with Crippen molar-refractivity contribution in [1.82, 2.24) is 5.43 Å². The number of aromatic hydroxyl groups is 1. The number of hydrazone groups is 1. The molecule has 116 valence electrons. The molecule has 1 amide bonds. The molecule has 5 heteroatoms. The second-order valence-corrected chi connectivity index (χ2v) is 5.16. The summed E-state index contributed by atoms with van der Waals surface area (Å²) in [5.41, 5.74) is 4.40. The maximum absolute atomic E-state index is 12.0. The third kappa shape index (κ3) is 3.23. The van der Waals surface area contributed by atoms with E-state index in [0.29, 0.717) is 0 Å². The van der Waals surface area contributed by atoms with Crippen LogP contribution in [-0.2, 0) is 0 Å². The Balaban J connectivity index is 1.72. The van der Waals surface area contributed by atoms with Crippen molar-refractivity contribution >= 4 is 18.2 Å². The molecule has 2 N–H and O–H groups in total. The highest BCUT2D eigenvalue weighted by molar-refractivity contribution is 5.97. The fraction of sp³-hybridized carbons (Fsp3) is 0.111. The molecule has 0 unspecified atom stereocenters. The van der Waals surface area contributed by atoms with Crippen molar-refractivity contribution in [1.29, 1.82) is 0 Å². The number of hydrogen-bond donors (Lipinski definition) is 2. The van der Waals surface area contributed by atoms with Gasteiger partial charge >= 0.3 is 0 Å². The average molecular weight is 308 g/mol. The molecule has 0 spiro atoms. The van der Waals surface area contributed by atoms with Gasteiger partial charge in [0.25, 0.3) is 5.91 Å². The van der Waals surface area contributed by atoms with Crippen molar-refractivity contribution in [3.63, 3.8) is 0 Å². The third-order valence-corrected chi connectivity index (χ3v) is 3.54. The van der Waals surface area contributed by atoms with E-state index in [1.54, 1.807) is 18.3 Å². The number of hydrogen-bond acceptors (Lipinski definition) is 4. The van der Waals surface area contributed by atoms with E-state index in [0.717, 1.165) is 16.9 Å². The number of phenols is 1. The molecule has 1 heterocycles. The Bertz CT molecular complexity index is 796. The summed E-state index contributed by atoms with van der Waals surface area (Å²) in [6.07, 6.45) is 3.37. The lowest BCUT2D eigenvalue weighted by atomic mass is 10.0. The van der Waals surface area contributed by atoms with Gasteiger partial charge in [0.1, 0.15) is 17.6 Å². The monoisotopic (exact) mass is 308 g/mol. The molecule has 0 fully saturated rings. The number of nitrogens with one attached hydrogen (secondary N) is 1. The largest absolute Gasteiger partial charge is 0.507 e. The number of ether oxygens (including phenoxy) is 1. The summed E-state index contributed by atoms with van der Waals surface area (Å²) in [5, 5.41) is 13.6. The SMILES string of the molecule is C[C@H]1Oc2ccccc2C=C1/C=N\NC(=O)c1ccccc1O. The van der Waals surface area contributed by atoms with Gasteiger partial charge in [-0.05, 0) is 31.2 Å². The predicted molar refractivity (Wildman–Crippen MR) is 88.6 cm³/mol. The molecule has 23 heavy (non-hydrogen) atoms. The van der Waals surface area contributed by atoms with Gasteiger partial charge in [0, 0.05) is 11.1 Å². The Morgan fingerprint density at radius 3 is 2.78 bits per heavy atom. The molecular weight excluding hydrogens is 292 g/mol. The van der Waals surface area contributed by atoms with E-state index < -0.39 is 5.91 Å². The van der Waals surface area contributed by atoms with Crippen LogP contribution in [0.25, 0.3) is 6.08 Å². The molecule has 1 atom stereocenters. The number of amides is 1. The van der Waals surface area contributed by atoms with Gasteiger partial charge in [0.05, 0.1) is 11.8 Å². The zero-order valence-corrected chi connectivity index (χ0v) is 12.6. The number of benzene rings is 2. The first-order chi connectivity index (χ1) is 11.1. The minimum Gasteiger partial charge on any atom is -0.507 e. The van der Waals surface area contributed by atoms with Crippen molar-refractivity contribution in [2.24, 2.45) is 5.10 Å². The van der Waals surface area contributed by atoms with Gasteiger partial charge in [0.15, 0.2) is 0 Å². The Morgan fingerprint density at radius 2 is 1.96 bits per heavy atom. The van der Waals surface area contributed by atoms with Crippen LogP contribution in [-0.4, -0.2) is 23.3 Å². The summed E-state index contributed by atoms with van der Waals surface area (Å²) in [5.74, 6) is 0.280. The second kappa shape index (κ2) is 6.36. The van der Waals surface area contributed by atoms with Crippen LogP contribution < -0.4 is 10.2 Å². The quantitative estimate of drug-likeness (QED) is 0.676. The molecule has 0 aliphatic carbocycles. The molecule has 0 aromatic heterocycles. The maximum atomic E-state index is 12.0. The molecule has 2 aromatic carbocycles. The van der Waals surface area contributed by atoms with Crippen LogP contribution in [0.2, 0.25) is 0 Å². The molecule has 3 rings (SSSR count). The summed E-state index contributed by atoms with van der Waals surface area (Å²) in [6, 6.07) is 14.0. The number of carbonyl (C=O) groups is 1.